The number of nitrogen functional groups attached to an aromatic ring is 1. The standard InChI is InChI=1S/C13H16ClN3O/c1-13(2,18-3)12-10(17-15)7-8-5-4-6-9(14)11(8)16-12/h4-7,17H,15H2,1-3H3. The summed E-state index contributed by atoms with van der Waals surface area (Å²) in [4.78, 5) is 4.59. The Morgan fingerprint density at radius 1 is 1.39 bits per heavy atom. The van der Waals surface area contributed by atoms with Crippen molar-refractivity contribution in [3.8, 4) is 0 Å². The highest BCUT2D eigenvalue weighted by molar-refractivity contribution is 6.35. The maximum Gasteiger partial charge on any atom is 0.106 e. The monoisotopic (exact) mass is 265 g/mol. The first kappa shape index (κ1) is 13.1. The summed E-state index contributed by atoms with van der Waals surface area (Å²) < 4.78 is 5.45. The van der Waals surface area contributed by atoms with Crippen LogP contribution in [0.1, 0.15) is 19.5 Å². The summed E-state index contributed by atoms with van der Waals surface area (Å²) in [5.74, 6) is 5.55. The Morgan fingerprint density at radius 3 is 2.72 bits per heavy atom. The van der Waals surface area contributed by atoms with Crippen LogP contribution in [0.3, 0.4) is 0 Å². The van der Waals surface area contributed by atoms with Crippen LogP contribution in [0.5, 0.6) is 0 Å². The number of fused-ring (bicyclic) bond motifs is 1. The van der Waals surface area contributed by atoms with Crippen LogP contribution in [0, 0.1) is 0 Å². The number of nitrogens with one attached hydrogen (secondary N) is 1. The molecule has 0 fully saturated rings. The summed E-state index contributed by atoms with van der Waals surface area (Å²) in [5, 5.41) is 1.55. The van der Waals surface area contributed by atoms with Gasteiger partial charge in [0.2, 0.25) is 0 Å². The lowest BCUT2D eigenvalue weighted by molar-refractivity contribution is 0.0164. The third kappa shape index (κ3) is 2.14. The van der Waals surface area contributed by atoms with Gasteiger partial charge in [-0.1, -0.05) is 23.7 Å². The zero-order chi connectivity index (χ0) is 13.3. The molecule has 2 aromatic rings. The molecule has 0 saturated carbocycles. The van der Waals surface area contributed by atoms with Gasteiger partial charge in [-0.25, -0.2) is 4.98 Å². The van der Waals surface area contributed by atoms with Gasteiger partial charge in [0.1, 0.15) is 5.60 Å². The van der Waals surface area contributed by atoms with Crippen LogP contribution in [0.25, 0.3) is 10.9 Å². The molecule has 0 aliphatic heterocycles. The van der Waals surface area contributed by atoms with Crippen LogP contribution in [-0.2, 0) is 10.3 Å². The Morgan fingerprint density at radius 2 is 2.11 bits per heavy atom. The van der Waals surface area contributed by atoms with E-state index in [9.17, 15) is 0 Å². The number of benzene rings is 1. The van der Waals surface area contributed by atoms with Gasteiger partial charge in [-0.3, -0.25) is 5.84 Å². The zero-order valence-corrected chi connectivity index (χ0v) is 11.4. The van der Waals surface area contributed by atoms with Crippen LogP contribution >= 0.6 is 11.6 Å². The molecule has 0 amide bonds. The maximum atomic E-state index is 6.16. The molecule has 18 heavy (non-hydrogen) atoms. The average molecular weight is 266 g/mol. The van der Waals surface area contributed by atoms with Crippen molar-refractivity contribution < 1.29 is 4.74 Å². The fourth-order valence-corrected chi connectivity index (χ4v) is 2.05. The van der Waals surface area contributed by atoms with Crippen molar-refractivity contribution >= 4 is 28.2 Å². The second kappa shape index (κ2) is 4.72. The molecule has 5 heteroatoms. The molecular weight excluding hydrogens is 250 g/mol. The van der Waals surface area contributed by atoms with Crippen molar-refractivity contribution in [2.75, 3.05) is 12.5 Å². The number of hydrogen-bond acceptors (Lipinski definition) is 4. The number of hydrogen-bond donors (Lipinski definition) is 2. The van der Waals surface area contributed by atoms with Gasteiger partial charge in [0.25, 0.3) is 0 Å². The number of rotatable bonds is 3. The number of halogens is 1. The molecular formula is C13H16ClN3O. The van der Waals surface area contributed by atoms with Gasteiger partial charge in [-0.15, -0.1) is 0 Å². The molecule has 2 rings (SSSR count). The van der Waals surface area contributed by atoms with E-state index >= 15 is 0 Å². The minimum absolute atomic E-state index is 0.547. The van der Waals surface area contributed by atoms with Crippen molar-refractivity contribution in [2.24, 2.45) is 5.84 Å². The Bertz CT molecular complexity index is 584. The minimum atomic E-state index is -0.547. The molecule has 0 aliphatic carbocycles. The number of ether oxygens (including phenoxy) is 1. The first-order valence-corrected chi connectivity index (χ1v) is 5.99. The van der Waals surface area contributed by atoms with Gasteiger partial charge in [0.15, 0.2) is 0 Å². The molecule has 1 aromatic heterocycles. The SMILES string of the molecule is COC(C)(C)c1nc2c(Cl)cccc2cc1NN. The Balaban J connectivity index is 2.76. The van der Waals surface area contributed by atoms with Gasteiger partial charge in [-0.05, 0) is 26.0 Å². The highest BCUT2D eigenvalue weighted by Gasteiger charge is 2.25. The van der Waals surface area contributed by atoms with Crippen molar-refractivity contribution in [1.82, 2.24) is 4.98 Å². The van der Waals surface area contributed by atoms with Crippen LogP contribution in [0.15, 0.2) is 24.3 Å². The van der Waals surface area contributed by atoms with E-state index in [4.69, 9.17) is 22.2 Å². The van der Waals surface area contributed by atoms with Crippen LogP contribution in [0.2, 0.25) is 5.02 Å². The number of methoxy groups -OCH3 is 1. The summed E-state index contributed by atoms with van der Waals surface area (Å²) in [6.07, 6.45) is 0. The summed E-state index contributed by atoms with van der Waals surface area (Å²) in [6, 6.07) is 7.56. The number of nitrogens with two attached hydrogens (primary N) is 1. The lowest BCUT2D eigenvalue weighted by Gasteiger charge is -2.25. The molecule has 0 radical (unpaired) electrons. The fourth-order valence-electron chi connectivity index (χ4n) is 1.83. The average Bonchev–Trinajstić information content (AvgIpc) is 2.37. The highest BCUT2D eigenvalue weighted by Crippen LogP contribution is 2.33. The minimum Gasteiger partial charge on any atom is -0.372 e. The quantitative estimate of drug-likeness (QED) is 0.661. The van der Waals surface area contributed by atoms with Gasteiger partial charge < -0.3 is 10.2 Å². The van der Waals surface area contributed by atoms with Crippen molar-refractivity contribution in [3.05, 3.63) is 35.0 Å². The van der Waals surface area contributed by atoms with Crippen molar-refractivity contribution in [1.29, 1.82) is 0 Å². The molecule has 0 spiro atoms. The molecule has 0 unspecified atom stereocenters. The van der Waals surface area contributed by atoms with E-state index in [0.29, 0.717) is 5.02 Å². The van der Waals surface area contributed by atoms with E-state index < -0.39 is 5.60 Å². The van der Waals surface area contributed by atoms with Crippen LogP contribution in [0.4, 0.5) is 5.69 Å². The maximum absolute atomic E-state index is 6.16. The lowest BCUT2D eigenvalue weighted by atomic mass is 10.0. The number of anilines is 1. The molecule has 0 aliphatic rings. The van der Waals surface area contributed by atoms with E-state index in [-0.39, 0.29) is 0 Å². The summed E-state index contributed by atoms with van der Waals surface area (Å²) in [6.45, 7) is 3.86. The first-order valence-electron chi connectivity index (χ1n) is 5.61. The molecule has 4 nitrogen and oxygen atoms in total. The molecule has 0 saturated heterocycles. The molecule has 1 aromatic carbocycles. The van der Waals surface area contributed by atoms with Crippen molar-refractivity contribution in [2.45, 2.75) is 19.4 Å². The third-order valence-corrected chi connectivity index (χ3v) is 3.34. The Labute approximate surface area is 111 Å². The smallest absolute Gasteiger partial charge is 0.106 e. The Kier molecular flexibility index (Phi) is 3.43. The van der Waals surface area contributed by atoms with E-state index in [1.54, 1.807) is 7.11 Å². The van der Waals surface area contributed by atoms with Gasteiger partial charge in [-0.2, -0.15) is 0 Å². The van der Waals surface area contributed by atoms with Gasteiger partial charge in [0.05, 0.1) is 21.9 Å². The number of hydrazine groups is 1. The largest absolute Gasteiger partial charge is 0.372 e. The van der Waals surface area contributed by atoms with Crippen LogP contribution in [-0.4, -0.2) is 12.1 Å². The molecule has 1 heterocycles. The molecule has 0 bridgehead atoms. The highest BCUT2D eigenvalue weighted by atomic mass is 35.5. The van der Waals surface area contributed by atoms with Crippen molar-refractivity contribution in [3.63, 3.8) is 0 Å². The summed E-state index contributed by atoms with van der Waals surface area (Å²) in [5.41, 5.74) is 4.33. The normalized spacial score (nSPS) is 11.8. The van der Waals surface area contributed by atoms with Gasteiger partial charge >= 0.3 is 0 Å². The lowest BCUT2D eigenvalue weighted by Crippen LogP contribution is -2.24. The Hall–Kier alpha value is -1.36. The predicted molar refractivity (Wildman–Crippen MR) is 74.6 cm³/mol. The van der Waals surface area contributed by atoms with E-state index in [0.717, 1.165) is 22.3 Å². The number of para-hydroxylation sites is 1. The van der Waals surface area contributed by atoms with Gasteiger partial charge in [0, 0.05) is 12.5 Å². The fraction of sp³-hybridized carbons (Fsp3) is 0.308. The van der Waals surface area contributed by atoms with Crippen LogP contribution < -0.4 is 11.3 Å². The molecule has 96 valence electrons. The number of nitrogens with zero attached hydrogens (tertiary/aromatic N) is 1. The molecule has 0 atom stereocenters. The number of pyridine rings is 1. The predicted octanol–water partition coefficient (Wildman–Crippen LogP) is 3.06. The molecule has 3 N–H and O–H groups in total. The zero-order valence-electron chi connectivity index (χ0n) is 10.6. The summed E-state index contributed by atoms with van der Waals surface area (Å²) >= 11 is 6.16. The van der Waals surface area contributed by atoms with E-state index in [1.807, 2.05) is 38.1 Å². The topological polar surface area (TPSA) is 60.2 Å². The second-order valence-corrected chi connectivity index (χ2v) is 4.96. The number of aromatic nitrogens is 1. The second-order valence-electron chi connectivity index (χ2n) is 4.55. The van der Waals surface area contributed by atoms with E-state index in [2.05, 4.69) is 10.4 Å². The first-order chi connectivity index (χ1) is 8.49. The van der Waals surface area contributed by atoms with E-state index in [1.165, 1.54) is 0 Å². The third-order valence-electron chi connectivity index (χ3n) is 3.03. The summed E-state index contributed by atoms with van der Waals surface area (Å²) in [7, 11) is 1.64.